The Bertz CT molecular complexity index is 178. The van der Waals surface area contributed by atoms with E-state index in [2.05, 4.69) is 0 Å². The lowest BCUT2D eigenvalue weighted by Crippen LogP contribution is -2.21. The summed E-state index contributed by atoms with van der Waals surface area (Å²) in [5.41, 5.74) is 0.443. The molecule has 0 aromatic heterocycles. The first-order valence-electron chi connectivity index (χ1n) is 2.98. The van der Waals surface area contributed by atoms with Crippen molar-refractivity contribution in [2.24, 2.45) is 0 Å². The van der Waals surface area contributed by atoms with Gasteiger partial charge in [-0.3, -0.25) is 4.79 Å². The van der Waals surface area contributed by atoms with E-state index in [1.54, 1.807) is 27.0 Å². The van der Waals surface area contributed by atoms with Crippen molar-refractivity contribution < 1.29 is 9.59 Å². The molecule has 0 aliphatic heterocycles. The SMILES string of the molecule is CC(=C=O)CC(=O)N(C)C. The first-order valence-corrected chi connectivity index (χ1v) is 2.98. The highest BCUT2D eigenvalue weighted by Crippen LogP contribution is 1.96. The van der Waals surface area contributed by atoms with Crippen LogP contribution in [-0.4, -0.2) is 30.8 Å². The van der Waals surface area contributed by atoms with Crippen molar-refractivity contribution in [1.82, 2.24) is 4.90 Å². The number of carbonyl (C=O) groups excluding carboxylic acids is 2. The molecule has 0 spiro atoms. The summed E-state index contributed by atoms with van der Waals surface area (Å²) < 4.78 is 0. The van der Waals surface area contributed by atoms with Crippen molar-refractivity contribution in [3.8, 4) is 0 Å². The number of nitrogens with zero attached hydrogens (tertiary/aromatic N) is 1. The predicted octanol–water partition coefficient (Wildman–Crippen LogP) is 0.243. The largest absolute Gasteiger partial charge is 0.349 e. The van der Waals surface area contributed by atoms with E-state index >= 15 is 0 Å². The van der Waals surface area contributed by atoms with Gasteiger partial charge in [-0.25, -0.2) is 4.79 Å². The van der Waals surface area contributed by atoms with Gasteiger partial charge in [0.1, 0.15) is 5.94 Å². The number of rotatable bonds is 2. The van der Waals surface area contributed by atoms with E-state index in [0.717, 1.165) is 0 Å². The Morgan fingerprint density at radius 1 is 1.50 bits per heavy atom. The maximum atomic E-state index is 10.8. The molecule has 0 aromatic rings. The third kappa shape index (κ3) is 3.05. The number of carbonyl (C=O) groups is 1. The van der Waals surface area contributed by atoms with Gasteiger partial charge < -0.3 is 4.90 Å². The van der Waals surface area contributed by atoms with E-state index in [9.17, 15) is 9.59 Å². The van der Waals surface area contributed by atoms with Gasteiger partial charge in [0.15, 0.2) is 0 Å². The molecule has 0 aromatic carbocycles. The lowest BCUT2D eigenvalue weighted by Gasteiger charge is -2.07. The Kier molecular flexibility index (Phi) is 3.44. The van der Waals surface area contributed by atoms with Gasteiger partial charge in [0.05, 0.1) is 6.42 Å². The van der Waals surface area contributed by atoms with Crippen LogP contribution in [0.1, 0.15) is 13.3 Å². The zero-order chi connectivity index (χ0) is 8.15. The van der Waals surface area contributed by atoms with Crippen molar-refractivity contribution in [3.63, 3.8) is 0 Å². The lowest BCUT2D eigenvalue weighted by molar-refractivity contribution is -0.127. The predicted molar refractivity (Wildman–Crippen MR) is 38.2 cm³/mol. The fourth-order valence-electron chi connectivity index (χ4n) is 0.421. The van der Waals surface area contributed by atoms with Crippen LogP contribution in [0.25, 0.3) is 0 Å². The molecule has 0 N–H and O–H groups in total. The van der Waals surface area contributed by atoms with Crippen LogP contribution < -0.4 is 0 Å². The zero-order valence-electron chi connectivity index (χ0n) is 6.47. The summed E-state index contributed by atoms with van der Waals surface area (Å²) >= 11 is 0. The minimum Gasteiger partial charge on any atom is -0.349 e. The Morgan fingerprint density at radius 3 is 2.30 bits per heavy atom. The van der Waals surface area contributed by atoms with Gasteiger partial charge in [-0.1, -0.05) is 0 Å². The summed E-state index contributed by atoms with van der Waals surface area (Å²) in [6.07, 6.45) is 0.177. The molecule has 0 aliphatic carbocycles. The van der Waals surface area contributed by atoms with Gasteiger partial charge in [0.25, 0.3) is 0 Å². The molecular weight excluding hydrogens is 130 g/mol. The smallest absolute Gasteiger partial charge is 0.226 e. The molecule has 3 heteroatoms. The van der Waals surface area contributed by atoms with Crippen LogP contribution in [0.4, 0.5) is 0 Å². The average Bonchev–Trinajstić information content (AvgIpc) is 1.87. The van der Waals surface area contributed by atoms with Crippen LogP contribution in [0.2, 0.25) is 0 Å². The summed E-state index contributed by atoms with van der Waals surface area (Å²) in [6, 6.07) is 0. The standard InChI is InChI=1S/C7H11NO2/c1-6(5-9)4-7(10)8(2)3/h4H2,1-3H3. The molecule has 0 fully saturated rings. The van der Waals surface area contributed by atoms with Crippen molar-refractivity contribution in [2.45, 2.75) is 13.3 Å². The van der Waals surface area contributed by atoms with Crippen LogP contribution in [0.5, 0.6) is 0 Å². The molecule has 0 radical (unpaired) electrons. The van der Waals surface area contributed by atoms with Gasteiger partial charge in [0.2, 0.25) is 5.91 Å². The fourth-order valence-corrected chi connectivity index (χ4v) is 0.421. The minimum absolute atomic E-state index is 0.0687. The second-order valence-electron chi connectivity index (χ2n) is 2.35. The minimum atomic E-state index is -0.0687. The molecule has 10 heavy (non-hydrogen) atoms. The van der Waals surface area contributed by atoms with E-state index in [0.29, 0.717) is 5.57 Å². The van der Waals surface area contributed by atoms with Gasteiger partial charge in [-0.2, -0.15) is 0 Å². The van der Waals surface area contributed by atoms with Crippen molar-refractivity contribution in [2.75, 3.05) is 14.1 Å². The second-order valence-corrected chi connectivity index (χ2v) is 2.35. The van der Waals surface area contributed by atoms with Crippen molar-refractivity contribution >= 4 is 11.8 Å². The molecule has 0 rings (SSSR count). The van der Waals surface area contributed by atoms with Crippen LogP contribution in [0.15, 0.2) is 5.57 Å². The molecule has 0 heterocycles. The molecular formula is C7H11NO2. The quantitative estimate of drug-likeness (QED) is 0.517. The van der Waals surface area contributed by atoms with Gasteiger partial charge in [-0.05, 0) is 6.92 Å². The lowest BCUT2D eigenvalue weighted by atomic mass is 10.2. The maximum absolute atomic E-state index is 10.8. The van der Waals surface area contributed by atoms with Crippen molar-refractivity contribution in [1.29, 1.82) is 0 Å². The van der Waals surface area contributed by atoms with E-state index < -0.39 is 0 Å². The Balaban J connectivity index is 3.93. The first-order chi connectivity index (χ1) is 4.57. The van der Waals surface area contributed by atoms with E-state index in [4.69, 9.17) is 0 Å². The number of hydrogen-bond acceptors (Lipinski definition) is 2. The highest BCUT2D eigenvalue weighted by molar-refractivity contribution is 5.80. The molecule has 0 unspecified atom stereocenters. The normalized spacial score (nSPS) is 8.30. The molecule has 0 atom stereocenters. The Hall–Kier alpha value is -1.08. The van der Waals surface area contributed by atoms with Crippen LogP contribution in [0.3, 0.4) is 0 Å². The van der Waals surface area contributed by atoms with Crippen LogP contribution >= 0.6 is 0 Å². The van der Waals surface area contributed by atoms with Crippen LogP contribution in [-0.2, 0) is 9.59 Å². The number of amides is 1. The summed E-state index contributed by atoms with van der Waals surface area (Å²) in [5, 5.41) is 0. The third-order valence-corrected chi connectivity index (χ3v) is 1.09. The topological polar surface area (TPSA) is 37.4 Å². The molecule has 0 bridgehead atoms. The van der Waals surface area contributed by atoms with Gasteiger partial charge >= 0.3 is 0 Å². The summed E-state index contributed by atoms with van der Waals surface area (Å²) in [7, 11) is 3.31. The highest BCUT2D eigenvalue weighted by Gasteiger charge is 2.03. The van der Waals surface area contributed by atoms with Gasteiger partial charge in [-0.15, -0.1) is 0 Å². The monoisotopic (exact) mass is 141 g/mol. The third-order valence-electron chi connectivity index (χ3n) is 1.09. The Labute approximate surface area is 60.3 Å². The molecule has 1 amide bonds. The second kappa shape index (κ2) is 3.85. The number of hydrogen-bond donors (Lipinski definition) is 0. The Morgan fingerprint density at radius 2 is 2.00 bits per heavy atom. The summed E-state index contributed by atoms with van der Waals surface area (Å²) in [4.78, 5) is 22.2. The van der Waals surface area contributed by atoms with E-state index in [1.807, 2.05) is 0 Å². The molecule has 0 aliphatic rings. The average molecular weight is 141 g/mol. The molecule has 56 valence electrons. The van der Waals surface area contributed by atoms with Crippen LogP contribution in [0, 0.1) is 0 Å². The first kappa shape index (κ1) is 8.92. The zero-order valence-corrected chi connectivity index (χ0v) is 6.47. The molecule has 3 nitrogen and oxygen atoms in total. The molecule has 0 saturated carbocycles. The van der Waals surface area contributed by atoms with E-state index in [-0.39, 0.29) is 12.3 Å². The van der Waals surface area contributed by atoms with Crippen molar-refractivity contribution in [3.05, 3.63) is 5.57 Å². The summed E-state index contributed by atoms with van der Waals surface area (Å²) in [6.45, 7) is 1.59. The summed E-state index contributed by atoms with van der Waals surface area (Å²) in [5.74, 6) is 1.60. The maximum Gasteiger partial charge on any atom is 0.226 e. The van der Waals surface area contributed by atoms with E-state index in [1.165, 1.54) is 4.90 Å². The molecule has 0 saturated heterocycles. The highest BCUT2D eigenvalue weighted by atomic mass is 16.2. The fraction of sp³-hybridized carbons (Fsp3) is 0.571. The van der Waals surface area contributed by atoms with Gasteiger partial charge in [0, 0.05) is 19.7 Å².